The lowest BCUT2D eigenvalue weighted by Gasteiger charge is -2.10. The van der Waals surface area contributed by atoms with E-state index in [9.17, 15) is 4.39 Å². The van der Waals surface area contributed by atoms with Crippen molar-refractivity contribution in [3.63, 3.8) is 0 Å². The lowest BCUT2D eigenvalue weighted by molar-refractivity contribution is 0.298. The molecule has 0 bridgehead atoms. The second kappa shape index (κ2) is 7.99. The maximum absolute atomic E-state index is 13.6. The number of allylic oxidation sites excluding steroid dienone is 3. The molecule has 2 aromatic carbocycles. The van der Waals surface area contributed by atoms with Crippen LogP contribution in [0.25, 0.3) is 0 Å². The van der Waals surface area contributed by atoms with Gasteiger partial charge in [-0.15, -0.1) is 0 Å². The molecule has 2 nitrogen and oxygen atoms in total. The predicted octanol–water partition coefficient (Wildman–Crippen LogP) is 5.43. The third kappa shape index (κ3) is 5.47. The quantitative estimate of drug-likeness (QED) is 0.501. The first-order valence-electron chi connectivity index (χ1n) is 7.21. The van der Waals surface area contributed by atoms with Gasteiger partial charge in [-0.05, 0) is 31.2 Å². The number of hydrogen-bond acceptors (Lipinski definition) is 2. The van der Waals surface area contributed by atoms with Crippen molar-refractivity contribution in [2.24, 2.45) is 0 Å². The smallest absolute Gasteiger partial charge is 0.131 e. The third-order valence-electron chi connectivity index (χ3n) is 2.96. The first-order chi connectivity index (χ1) is 11.0. The van der Waals surface area contributed by atoms with E-state index in [1.807, 2.05) is 19.1 Å². The van der Waals surface area contributed by atoms with Crippen LogP contribution in [0.4, 0.5) is 4.39 Å². The molecule has 0 saturated heterocycles. The van der Waals surface area contributed by atoms with Crippen LogP contribution in [0.3, 0.4) is 0 Å². The summed E-state index contributed by atoms with van der Waals surface area (Å²) in [5.41, 5.74) is 1.42. The standard InChI is InChI=1S/C20H19FO2/c1-15(2)11-12-16(3)23-19-9-6-8-18(13-19)22-14-17-7-4-5-10-20(17)21/h4-13H,1,3,14H2,2H3/b12-11-. The van der Waals surface area contributed by atoms with Crippen molar-refractivity contribution >= 4 is 0 Å². The zero-order chi connectivity index (χ0) is 16.7. The van der Waals surface area contributed by atoms with Crippen molar-refractivity contribution in [3.8, 4) is 11.5 Å². The molecule has 0 heterocycles. The van der Waals surface area contributed by atoms with E-state index in [2.05, 4.69) is 13.2 Å². The summed E-state index contributed by atoms with van der Waals surface area (Å²) >= 11 is 0. The van der Waals surface area contributed by atoms with E-state index in [0.29, 0.717) is 22.8 Å². The fourth-order valence-corrected chi connectivity index (χ4v) is 1.82. The highest BCUT2D eigenvalue weighted by Gasteiger charge is 2.03. The summed E-state index contributed by atoms with van der Waals surface area (Å²) in [5, 5.41) is 0. The van der Waals surface area contributed by atoms with Crippen LogP contribution in [0, 0.1) is 5.82 Å². The van der Waals surface area contributed by atoms with Crippen LogP contribution in [0.1, 0.15) is 12.5 Å². The van der Waals surface area contributed by atoms with Crippen molar-refractivity contribution < 1.29 is 13.9 Å². The highest BCUT2D eigenvalue weighted by Crippen LogP contribution is 2.22. The Morgan fingerprint density at radius 3 is 2.52 bits per heavy atom. The molecule has 23 heavy (non-hydrogen) atoms. The van der Waals surface area contributed by atoms with Crippen LogP contribution in [0.5, 0.6) is 11.5 Å². The van der Waals surface area contributed by atoms with Gasteiger partial charge in [-0.3, -0.25) is 0 Å². The largest absolute Gasteiger partial charge is 0.489 e. The molecule has 0 atom stereocenters. The van der Waals surface area contributed by atoms with Gasteiger partial charge in [0.15, 0.2) is 0 Å². The van der Waals surface area contributed by atoms with E-state index in [4.69, 9.17) is 9.47 Å². The number of ether oxygens (including phenoxy) is 2. The van der Waals surface area contributed by atoms with Crippen LogP contribution < -0.4 is 9.47 Å². The van der Waals surface area contributed by atoms with Crippen molar-refractivity contribution in [2.75, 3.05) is 0 Å². The summed E-state index contributed by atoms with van der Waals surface area (Å²) in [6.07, 6.45) is 3.57. The summed E-state index contributed by atoms with van der Waals surface area (Å²) in [5.74, 6) is 1.42. The number of rotatable bonds is 7. The molecule has 0 aliphatic carbocycles. The molecular formula is C20H19FO2. The second-order valence-corrected chi connectivity index (χ2v) is 5.10. The summed E-state index contributed by atoms with van der Waals surface area (Å²) in [6.45, 7) is 9.64. The zero-order valence-corrected chi connectivity index (χ0v) is 13.1. The Kier molecular flexibility index (Phi) is 5.75. The molecule has 0 saturated carbocycles. The van der Waals surface area contributed by atoms with E-state index in [-0.39, 0.29) is 12.4 Å². The van der Waals surface area contributed by atoms with Crippen molar-refractivity contribution in [1.82, 2.24) is 0 Å². The van der Waals surface area contributed by atoms with Gasteiger partial charge < -0.3 is 9.47 Å². The highest BCUT2D eigenvalue weighted by atomic mass is 19.1. The minimum Gasteiger partial charge on any atom is -0.489 e. The van der Waals surface area contributed by atoms with Gasteiger partial charge in [0.1, 0.15) is 29.7 Å². The Morgan fingerprint density at radius 2 is 1.78 bits per heavy atom. The predicted molar refractivity (Wildman–Crippen MR) is 90.9 cm³/mol. The molecule has 118 valence electrons. The molecule has 0 aliphatic heterocycles. The van der Waals surface area contributed by atoms with Crippen LogP contribution in [-0.4, -0.2) is 0 Å². The fraction of sp³-hybridized carbons (Fsp3) is 0.100. The second-order valence-electron chi connectivity index (χ2n) is 5.10. The van der Waals surface area contributed by atoms with E-state index >= 15 is 0 Å². The van der Waals surface area contributed by atoms with Gasteiger partial charge in [-0.1, -0.05) is 49.1 Å². The van der Waals surface area contributed by atoms with Gasteiger partial charge in [0.25, 0.3) is 0 Å². The lowest BCUT2D eigenvalue weighted by atomic mass is 10.2. The first-order valence-corrected chi connectivity index (χ1v) is 7.21. The summed E-state index contributed by atoms with van der Waals surface area (Å²) in [6, 6.07) is 13.7. The molecule has 0 unspecified atom stereocenters. The van der Waals surface area contributed by atoms with Crippen LogP contribution >= 0.6 is 0 Å². The number of benzene rings is 2. The molecule has 2 aromatic rings. The van der Waals surface area contributed by atoms with Gasteiger partial charge >= 0.3 is 0 Å². The Balaban J connectivity index is 1.98. The van der Waals surface area contributed by atoms with E-state index in [0.717, 1.165) is 5.57 Å². The van der Waals surface area contributed by atoms with Gasteiger partial charge in [-0.25, -0.2) is 4.39 Å². The minimum absolute atomic E-state index is 0.159. The molecule has 0 N–H and O–H groups in total. The molecule has 0 fully saturated rings. The minimum atomic E-state index is -0.279. The molecule has 0 aliphatic rings. The summed E-state index contributed by atoms with van der Waals surface area (Å²) < 4.78 is 24.8. The normalized spacial score (nSPS) is 10.5. The maximum Gasteiger partial charge on any atom is 0.131 e. The van der Waals surface area contributed by atoms with Crippen molar-refractivity contribution in [3.05, 3.63) is 96.6 Å². The van der Waals surface area contributed by atoms with Gasteiger partial charge in [-0.2, -0.15) is 0 Å². The Morgan fingerprint density at radius 1 is 1.04 bits per heavy atom. The Labute approximate surface area is 136 Å². The van der Waals surface area contributed by atoms with Gasteiger partial charge in [0.2, 0.25) is 0 Å². The highest BCUT2D eigenvalue weighted by molar-refractivity contribution is 5.35. The monoisotopic (exact) mass is 310 g/mol. The fourth-order valence-electron chi connectivity index (χ4n) is 1.82. The molecule has 0 radical (unpaired) electrons. The first kappa shape index (κ1) is 16.6. The van der Waals surface area contributed by atoms with Gasteiger partial charge in [0, 0.05) is 11.6 Å². The molecule has 0 amide bonds. The summed E-state index contributed by atoms with van der Waals surface area (Å²) in [7, 11) is 0. The number of hydrogen-bond donors (Lipinski definition) is 0. The average molecular weight is 310 g/mol. The van der Waals surface area contributed by atoms with E-state index in [1.165, 1.54) is 6.07 Å². The van der Waals surface area contributed by atoms with E-state index < -0.39 is 0 Å². The average Bonchev–Trinajstić information content (AvgIpc) is 2.52. The lowest BCUT2D eigenvalue weighted by Crippen LogP contribution is -1.98. The maximum atomic E-state index is 13.6. The van der Waals surface area contributed by atoms with Crippen molar-refractivity contribution in [2.45, 2.75) is 13.5 Å². The molecule has 0 aromatic heterocycles. The Hall–Kier alpha value is -2.81. The molecule has 3 heteroatoms. The van der Waals surface area contributed by atoms with Crippen molar-refractivity contribution in [1.29, 1.82) is 0 Å². The van der Waals surface area contributed by atoms with Crippen LogP contribution in [0.15, 0.2) is 85.2 Å². The van der Waals surface area contributed by atoms with Crippen LogP contribution in [-0.2, 0) is 6.61 Å². The molecule has 0 spiro atoms. The van der Waals surface area contributed by atoms with Gasteiger partial charge in [0.05, 0.1) is 0 Å². The molecular weight excluding hydrogens is 291 g/mol. The Bertz CT molecular complexity index is 732. The zero-order valence-electron chi connectivity index (χ0n) is 13.1. The third-order valence-corrected chi connectivity index (χ3v) is 2.96. The van der Waals surface area contributed by atoms with E-state index in [1.54, 1.807) is 42.5 Å². The topological polar surface area (TPSA) is 18.5 Å². The summed E-state index contributed by atoms with van der Waals surface area (Å²) in [4.78, 5) is 0. The SMILES string of the molecule is C=C(C)/C=C\C(=C)Oc1cccc(OCc2ccccc2F)c1. The van der Waals surface area contributed by atoms with Crippen LogP contribution in [0.2, 0.25) is 0 Å². The molecule has 2 rings (SSSR count). The number of halogens is 1.